The normalized spacial score (nSPS) is 19.5. The number of hydrogen-bond acceptors (Lipinski definition) is 8. The molecule has 10 nitrogen and oxygen atoms in total. The Balaban J connectivity index is 1.38. The van der Waals surface area contributed by atoms with E-state index in [1.807, 2.05) is 6.92 Å². The molecule has 3 N–H and O–H groups in total. The van der Waals surface area contributed by atoms with Crippen LogP contribution in [0.25, 0.3) is 0 Å². The lowest BCUT2D eigenvalue weighted by atomic mass is 10.0. The van der Waals surface area contributed by atoms with Gasteiger partial charge in [-0.25, -0.2) is 9.97 Å². The summed E-state index contributed by atoms with van der Waals surface area (Å²) in [5.41, 5.74) is 1.34. The summed E-state index contributed by atoms with van der Waals surface area (Å²) in [6, 6.07) is 6.13. The molecule has 4 rings (SSSR count). The average molecular weight is 561 g/mol. The second-order valence-corrected chi connectivity index (χ2v) is 11.1. The summed E-state index contributed by atoms with van der Waals surface area (Å²) >= 11 is 12.1. The SMILES string of the molecule is CC(=O)C(=N)c1cc(OCc2nccc(C)n2)ccc1NCC(=O)N1CCCC1C(=O)NCC1CC1(Cl)Cl. The van der Waals surface area contributed by atoms with E-state index in [4.69, 9.17) is 33.3 Å². The minimum Gasteiger partial charge on any atom is -0.486 e. The third-order valence-electron chi connectivity index (χ3n) is 6.61. The van der Waals surface area contributed by atoms with Crippen LogP contribution in [0.2, 0.25) is 0 Å². The van der Waals surface area contributed by atoms with Crippen LogP contribution in [-0.4, -0.2) is 68.2 Å². The highest BCUT2D eigenvalue weighted by Gasteiger charge is 2.51. The molecule has 0 spiro atoms. The number of carbonyl (C=O) groups is 3. The quantitative estimate of drug-likeness (QED) is 0.283. The predicted molar refractivity (Wildman–Crippen MR) is 144 cm³/mol. The molecule has 202 valence electrons. The molecule has 0 bridgehead atoms. The standard InChI is InChI=1S/C26H30Cl2N6O4/c1-15-7-8-30-22(33-15)14-38-18-5-6-20(19(10-18)24(29)16(2)35)31-13-23(36)34-9-3-4-21(34)25(37)32-12-17-11-26(17,27)28/h5-8,10,17,21,29,31H,3-4,9,11-14H2,1-2H3,(H,32,37). The van der Waals surface area contributed by atoms with Gasteiger partial charge in [0.25, 0.3) is 0 Å². The summed E-state index contributed by atoms with van der Waals surface area (Å²) < 4.78 is 5.00. The molecule has 1 saturated carbocycles. The Morgan fingerprint density at radius 2 is 2.03 bits per heavy atom. The first-order valence-corrected chi connectivity index (χ1v) is 13.1. The van der Waals surface area contributed by atoms with Crippen molar-refractivity contribution in [2.45, 2.75) is 50.1 Å². The van der Waals surface area contributed by atoms with E-state index in [2.05, 4.69) is 20.6 Å². The zero-order chi connectivity index (χ0) is 27.4. The molecule has 1 saturated heterocycles. The van der Waals surface area contributed by atoms with Crippen molar-refractivity contribution in [3.63, 3.8) is 0 Å². The fraction of sp³-hybridized carbons (Fsp3) is 0.462. The largest absolute Gasteiger partial charge is 0.486 e. The lowest BCUT2D eigenvalue weighted by Crippen LogP contribution is -2.48. The zero-order valence-corrected chi connectivity index (χ0v) is 22.7. The van der Waals surface area contributed by atoms with Gasteiger partial charge in [0.15, 0.2) is 11.6 Å². The smallest absolute Gasteiger partial charge is 0.242 e. The second kappa shape index (κ2) is 11.7. The van der Waals surface area contributed by atoms with Crippen molar-refractivity contribution in [1.82, 2.24) is 20.2 Å². The fourth-order valence-corrected chi connectivity index (χ4v) is 4.85. The van der Waals surface area contributed by atoms with E-state index in [-0.39, 0.29) is 36.6 Å². The molecular formula is C26H30Cl2N6O4. The first kappa shape index (κ1) is 27.8. The van der Waals surface area contributed by atoms with Crippen LogP contribution in [0, 0.1) is 18.3 Å². The molecule has 1 aromatic carbocycles. The van der Waals surface area contributed by atoms with Crippen molar-refractivity contribution >= 4 is 52.2 Å². The molecule has 2 unspecified atom stereocenters. The fourth-order valence-electron chi connectivity index (χ4n) is 4.32. The number of nitrogens with one attached hydrogen (secondary N) is 3. The number of aryl methyl sites for hydroxylation is 1. The Kier molecular flexibility index (Phi) is 8.52. The number of rotatable bonds is 11. The van der Waals surface area contributed by atoms with Crippen LogP contribution in [0.3, 0.4) is 0 Å². The van der Waals surface area contributed by atoms with Crippen molar-refractivity contribution in [1.29, 1.82) is 5.41 Å². The zero-order valence-electron chi connectivity index (χ0n) is 21.2. The van der Waals surface area contributed by atoms with E-state index in [0.717, 1.165) is 12.1 Å². The highest BCUT2D eigenvalue weighted by atomic mass is 35.5. The molecule has 2 heterocycles. The summed E-state index contributed by atoms with van der Waals surface area (Å²) in [6.45, 7) is 4.03. The topological polar surface area (TPSA) is 137 Å². The molecule has 12 heteroatoms. The first-order chi connectivity index (χ1) is 18.0. The number of Topliss-reactive ketones (excluding diaryl/α,β-unsaturated/α-hetero) is 1. The van der Waals surface area contributed by atoms with Crippen LogP contribution in [0.1, 0.15) is 43.3 Å². The number of nitrogens with zero attached hydrogens (tertiary/aromatic N) is 3. The second-order valence-electron chi connectivity index (χ2n) is 9.55. The molecule has 1 aliphatic heterocycles. The summed E-state index contributed by atoms with van der Waals surface area (Å²) in [5.74, 6) is 0.0573. The molecule has 2 fully saturated rings. The van der Waals surface area contributed by atoms with Gasteiger partial charge in [0.05, 0.1) is 6.54 Å². The van der Waals surface area contributed by atoms with Crippen molar-refractivity contribution in [2.75, 3.05) is 25.0 Å². The van der Waals surface area contributed by atoms with Gasteiger partial charge < -0.3 is 20.3 Å². The van der Waals surface area contributed by atoms with Crippen LogP contribution < -0.4 is 15.4 Å². The Bertz CT molecular complexity index is 1250. The maximum Gasteiger partial charge on any atom is 0.242 e. The van der Waals surface area contributed by atoms with E-state index in [9.17, 15) is 14.4 Å². The first-order valence-electron chi connectivity index (χ1n) is 12.4. The maximum atomic E-state index is 13.0. The van der Waals surface area contributed by atoms with Gasteiger partial charge in [-0.15, -0.1) is 23.2 Å². The average Bonchev–Trinajstić information content (AvgIpc) is 3.25. The number of aromatic nitrogens is 2. The van der Waals surface area contributed by atoms with Crippen LogP contribution in [0.4, 0.5) is 5.69 Å². The van der Waals surface area contributed by atoms with Crippen LogP contribution in [0.15, 0.2) is 30.5 Å². The number of hydrogen-bond donors (Lipinski definition) is 3. The van der Waals surface area contributed by atoms with Gasteiger partial charge in [-0.1, -0.05) is 0 Å². The van der Waals surface area contributed by atoms with E-state index < -0.39 is 16.2 Å². The van der Waals surface area contributed by atoms with Gasteiger partial charge in [-0.05, 0) is 50.5 Å². The maximum absolute atomic E-state index is 13.0. The molecule has 2 amide bonds. The summed E-state index contributed by atoms with van der Waals surface area (Å²) in [4.78, 5) is 47.8. The number of benzene rings is 1. The number of likely N-dealkylation sites (tertiary alicyclic amines) is 1. The van der Waals surface area contributed by atoms with Gasteiger partial charge in [-0.2, -0.15) is 0 Å². The number of amides is 2. The third-order valence-corrected chi connectivity index (χ3v) is 7.54. The number of alkyl halides is 2. The van der Waals surface area contributed by atoms with Crippen molar-refractivity contribution < 1.29 is 19.1 Å². The van der Waals surface area contributed by atoms with Gasteiger partial charge in [-0.3, -0.25) is 19.8 Å². The number of halogens is 2. The van der Waals surface area contributed by atoms with Gasteiger partial charge >= 0.3 is 0 Å². The number of anilines is 1. The Labute approximate surface area is 231 Å². The van der Waals surface area contributed by atoms with E-state index in [0.29, 0.717) is 48.8 Å². The summed E-state index contributed by atoms with van der Waals surface area (Å²) in [7, 11) is 0. The van der Waals surface area contributed by atoms with Gasteiger partial charge in [0, 0.05) is 49.1 Å². The third kappa shape index (κ3) is 6.79. The molecule has 1 aromatic heterocycles. The summed E-state index contributed by atoms with van der Waals surface area (Å²) in [5, 5.41) is 14.2. The monoisotopic (exact) mass is 560 g/mol. The highest BCUT2D eigenvalue weighted by Crippen LogP contribution is 2.52. The lowest BCUT2D eigenvalue weighted by Gasteiger charge is -2.24. The predicted octanol–water partition coefficient (Wildman–Crippen LogP) is 3.03. The molecule has 0 radical (unpaired) electrons. The van der Waals surface area contributed by atoms with Crippen molar-refractivity contribution in [3.05, 3.63) is 47.5 Å². The minimum atomic E-state index is -0.775. The van der Waals surface area contributed by atoms with Crippen molar-refractivity contribution in [3.8, 4) is 5.75 Å². The summed E-state index contributed by atoms with van der Waals surface area (Å²) in [6.07, 6.45) is 3.58. The number of ether oxygens (including phenoxy) is 1. The Hall–Kier alpha value is -3.24. The van der Waals surface area contributed by atoms with Crippen LogP contribution >= 0.6 is 23.2 Å². The molecule has 38 heavy (non-hydrogen) atoms. The highest BCUT2D eigenvalue weighted by molar-refractivity contribution is 6.50. The van der Waals surface area contributed by atoms with Crippen molar-refractivity contribution in [2.24, 2.45) is 5.92 Å². The molecule has 2 aliphatic rings. The Morgan fingerprint density at radius 3 is 2.71 bits per heavy atom. The molecule has 1 aliphatic carbocycles. The molecule has 2 atom stereocenters. The number of carbonyl (C=O) groups excluding carboxylic acids is 3. The van der Waals surface area contributed by atoms with Gasteiger partial charge in [0.2, 0.25) is 11.8 Å². The Morgan fingerprint density at radius 1 is 1.26 bits per heavy atom. The van der Waals surface area contributed by atoms with Gasteiger partial charge in [0.1, 0.15) is 28.4 Å². The minimum absolute atomic E-state index is 0.0216. The number of ketones is 1. The van der Waals surface area contributed by atoms with E-state index in [1.165, 1.54) is 6.92 Å². The lowest BCUT2D eigenvalue weighted by molar-refractivity contribution is -0.137. The van der Waals surface area contributed by atoms with Crippen LogP contribution in [0.5, 0.6) is 5.75 Å². The molecular weight excluding hydrogens is 531 g/mol. The van der Waals surface area contributed by atoms with E-state index >= 15 is 0 Å². The van der Waals surface area contributed by atoms with E-state index in [1.54, 1.807) is 35.4 Å². The molecule has 2 aromatic rings. The van der Waals surface area contributed by atoms with Crippen LogP contribution in [-0.2, 0) is 21.0 Å².